The van der Waals surface area contributed by atoms with E-state index in [0.717, 1.165) is 11.3 Å². The van der Waals surface area contributed by atoms with Crippen LogP contribution in [0.25, 0.3) is 0 Å². The van der Waals surface area contributed by atoms with E-state index in [9.17, 15) is 9.59 Å². The number of hydrogen-bond donors (Lipinski definition) is 1. The van der Waals surface area contributed by atoms with E-state index in [4.69, 9.17) is 14.2 Å². The molecule has 5 atom stereocenters. The van der Waals surface area contributed by atoms with Crippen molar-refractivity contribution in [2.75, 3.05) is 19.0 Å². The van der Waals surface area contributed by atoms with Crippen LogP contribution in [0.3, 0.4) is 0 Å². The second-order valence-electron chi connectivity index (χ2n) is 9.44. The van der Waals surface area contributed by atoms with E-state index in [2.05, 4.69) is 16.8 Å². The molecule has 2 aromatic carbocycles. The van der Waals surface area contributed by atoms with E-state index in [-0.39, 0.29) is 29.9 Å². The maximum Gasteiger partial charge on any atom is 0.313 e. The number of hydrogen-bond acceptors (Lipinski definition) is 6. The molecule has 4 rings (SSSR count). The van der Waals surface area contributed by atoms with E-state index in [0.29, 0.717) is 18.8 Å². The third kappa shape index (κ3) is 5.53. The number of nitrogens with zero attached hydrogens (tertiary/aromatic N) is 1. The van der Waals surface area contributed by atoms with Crippen molar-refractivity contribution in [3.8, 4) is 5.75 Å². The number of rotatable bonds is 9. The van der Waals surface area contributed by atoms with Crippen LogP contribution in [0.1, 0.15) is 19.4 Å². The SMILES string of the molecule is C=C[C@H]1O[C@H]2C=CCN([C@@H](C(=O)Nc3ccc(OCc4ccccc4)cc3)C(C)C)[C@H]2[C@@H]1C(=O)OC. The molecule has 2 heterocycles. The molecule has 1 fully saturated rings. The molecule has 7 nitrogen and oxygen atoms in total. The molecule has 0 aliphatic carbocycles. The van der Waals surface area contributed by atoms with E-state index in [1.165, 1.54) is 7.11 Å². The Morgan fingerprint density at radius 3 is 2.53 bits per heavy atom. The van der Waals surface area contributed by atoms with E-state index >= 15 is 0 Å². The van der Waals surface area contributed by atoms with Gasteiger partial charge in [0.25, 0.3) is 0 Å². The first kappa shape index (κ1) is 25.7. The monoisotopic (exact) mass is 490 g/mol. The molecule has 0 spiro atoms. The Balaban J connectivity index is 1.47. The van der Waals surface area contributed by atoms with Gasteiger partial charge in [0.05, 0.1) is 31.4 Å². The average molecular weight is 491 g/mol. The summed E-state index contributed by atoms with van der Waals surface area (Å²) >= 11 is 0. The zero-order valence-corrected chi connectivity index (χ0v) is 21.0. The lowest BCUT2D eigenvalue weighted by molar-refractivity contribution is -0.149. The van der Waals surface area contributed by atoms with E-state index in [1.54, 1.807) is 6.08 Å². The van der Waals surface area contributed by atoms with E-state index in [1.807, 2.05) is 80.6 Å². The molecule has 1 amide bonds. The minimum Gasteiger partial charge on any atom is -0.489 e. The van der Waals surface area contributed by atoms with Crippen molar-refractivity contribution in [1.29, 1.82) is 0 Å². The van der Waals surface area contributed by atoms with Gasteiger partial charge in [-0.05, 0) is 35.7 Å². The molecule has 0 bridgehead atoms. The molecule has 1 N–H and O–H groups in total. The molecule has 0 radical (unpaired) electrons. The molecule has 190 valence electrons. The Kier molecular flexibility index (Phi) is 8.23. The summed E-state index contributed by atoms with van der Waals surface area (Å²) in [5, 5.41) is 3.05. The second-order valence-corrected chi connectivity index (χ2v) is 9.44. The highest BCUT2D eigenvalue weighted by molar-refractivity contribution is 5.95. The van der Waals surface area contributed by atoms with Crippen molar-refractivity contribution in [3.63, 3.8) is 0 Å². The molecule has 0 saturated carbocycles. The summed E-state index contributed by atoms with van der Waals surface area (Å²) in [6.45, 7) is 8.85. The lowest BCUT2D eigenvalue weighted by Gasteiger charge is -2.41. The van der Waals surface area contributed by atoms with Crippen LogP contribution in [0.15, 0.2) is 79.4 Å². The van der Waals surface area contributed by atoms with Crippen molar-refractivity contribution in [1.82, 2.24) is 4.90 Å². The number of methoxy groups -OCH3 is 1. The number of fused-ring (bicyclic) bond motifs is 1. The second kappa shape index (κ2) is 11.5. The first-order valence-electron chi connectivity index (χ1n) is 12.3. The number of esters is 1. The minimum atomic E-state index is -0.558. The fourth-order valence-electron chi connectivity index (χ4n) is 5.08. The molecule has 0 aromatic heterocycles. The van der Waals surface area contributed by atoms with E-state index < -0.39 is 18.1 Å². The summed E-state index contributed by atoms with van der Waals surface area (Å²) < 4.78 is 17.0. The summed E-state index contributed by atoms with van der Waals surface area (Å²) in [5.74, 6) is -0.339. The minimum absolute atomic E-state index is 0.00768. The van der Waals surface area contributed by atoms with Gasteiger partial charge in [-0.2, -0.15) is 0 Å². The molecule has 36 heavy (non-hydrogen) atoms. The quantitative estimate of drug-likeness (QED) is 0.419. The number of amides is 1. The highest BCUT2D eigenvalue weighted by atomic mass is 16.5. The van der Waals surface area contributed by atoms with Crippen LogP contribution < -0.4 is 10.1 Å². The molecule has 2 aromatic rings. The highest BCUT2D eigenvalue weighted by Crippen LogP contribution is 2.37. The topological polar surface area (TPSA) is 77.1 Å². The van der Waals surface area contributed by atoms with Crippen LogP contribution >= 0.6 is 0 Å². The summed E-state index contributed by atoms with van der Waals surface area (Å²) in [6.07, 6.45) is 4.79. The van der Waals surface area contributed by atoms with Crippen molar-refractivity contribution in [2.45, 2.75) is 44.7 Å². The van der Waals surface area contributed by atoms with Crippen LogP contribution in [0.4, 0.5) is 5.69 Å². The van der Waals surface area contributed by atoms with Gasteiger partial charge < -0.3 is 19.5 Å². The molecule has 1 saturated heterocycles. The Hall–Kier alpha value is -3.42. The van der Waals surface area contributed by atoms with Gasteiger partial charge in [0.2, 0.25) is 5.91 Å². The molecular weight excluding hydrogens is 456 g/mol. The highest BCUT2D eigenvalue weighted by Gasteiger charge is 2.53. The van der Waals surface area contributed by atoms with Gasteiger partial charge in [-0.15, -0.1) is 6.58 Å². The average Bonchev–Trinajstić information content (AvgIpc) is 3.28. The third-order valence-corrected chi connectivity index (χ3v) is 6.73. The zero-order valence-electron chi connectivity index (χ0n) is 21.0. The van der Waals surface area contributed by atoms with Gasteiger partial charge >= 0.3 is 5.97 Å². The Labute approximate surface area is 212 Å². The summed E-state index contributed by atoms with van der Waals surface area (Å²) in [6, 6.07) is 16.5. The largest absolute Gasteiger partial charge is 0.489 e. The fourth-order valence-corrected chi connectivity index (χ4v) is 5.08. The van der Waals surface area contributed by atoms with Gasteiger partial charge in [-0.1, -0.05) is 62.4 Å². The van der Waals surface area contributed by atoms with Crippen LogP contribution in [-0.2, 0) is 25.7 Å². The molecule has 0 unspecified atom stereocenters. The van der Waals surface area contributed by atoms with Gasteiger partial charge in [-0.25, -0.2) is 0 Å². The van der Waals surface area contributed by atoms with Crippen molar-refractivity contribution in [3.05, 3.63) is 85.0 Å². The van der Waals surface area contributed by atoms with Crippen molar-refractivity contribution < 1.29 is 23.8 Å². The maximum absolute atomic E-state index is 13.5. The fraction of sp³-hybridized carbons (Fsp3) is 0.379. The predicted molar refractivity (Wildman–Crippen MR) is 138 cm³/mol. The first-order chi connectivity index (χ1) is 17.4. The number of benzene rings is 2. The lowest BCUT2D eigenvalue weighted by atomic mass is 9.87. The normalized spacial score (nSPS) is 24.1. The molecule has 7 heteroatoms. The third-order valence-electron chi connectivity index (χ3n) is 6.73. The van der Waals surface area contributed by atoms with Gasteiger partial charge in [-0.3, -0.25) is 14.5 Å². The Morgan fingerprint density at radius 1 is 1.17 bits per heavy atom. The predicted octanol–water partition coefficient (Wildman–Crippen LogP) is 4.21. The summed E-state index contributed by atoms with van der Waals surface area (Å²) in [4.78, 5) is 28.3. The summed E-state index contributed by atoms with van der Waals surface area (Å²) in [7, 11) is 1.37. The van der Waals surface area contributed by atoms with Crippen LogP contribution in [-0.4, -0.2) is 54.7 Å². The van der Waals surface area contributed by atoms with Gasteiger partial charge in [0.1, 0.15) is 18.3 Å². The zero-order chi connectivity index (χ0) is 25.7. The van der Waals surface area contributed by atoms with Gasteiger partial charge in [0, 0.05) is 12.2 Å². The number of ether oxygens (including phenoxy) is 3. The Bertz CT molecular complexity index is 1080. The van der Waals surface area contributed by atoms with Gasteiger partial charge in [0.15, 0.2) is 0 Å². The summed E-state index contributed by atoms with van der Waals surface area (Å²) in [5.41, 5.74) is 1.77. The number of anilines is 1. The standard InChI is InChI=1S/C29H34N2O5/c1-5-23-25(29(33)34-4)27-24(36-23)12-9-17-31(27)26(19(2)3)28(32)30-21-13-15-22(16-14-21)35-18-20-10-7-6-8-11-20/h5-16,19,23-27H,1,17-18H2,2-4H3,(H,30,32)/t23-,24+,25-,26-,27-/m1/s1. The first-order valence-corrected chi connectivity index (χ1v) is 12.3. The van der Waals surface area contributed by atoms with Crippen molar-refractivity contribution in [2.24, 2.45) is 11.8 Å². The van der Waals surface area contributed by atoms with Crippen molar-refractivity contribution >= 4 is 17.6 Å². The molecular formula is C29H34N2O5. The number of nitrogens with one attached hydrogen (secondary N) is 1. The van der Waals surface area contributed by atoms with Crippen LogP contribution in [0.2, 0.25) is 0 Å². The molecule has 2 aliphatic rings. The lowest BCUT2D eigenvalue weighted by Crippen LogP contribution is -2.58. The number of carbonyl (C=O) groups is 2. The van der Waals surface area contributed by atoms with Crippen LogP contribution in [0.5, 0.6) is 5.75 Å². The maximum atomic E-state index is 13.5. The number of carbonyl (C=O) groups excluding carboxylic acids is 2. The van der Waals surface area contributed by atoms with Crippen LogP contribution in [0, 0.1) is 11.8 Å². The molecule has 2 aliphatic heterocycles. The smallest absolute Gasteiger partial charge is 0.313 e. The Morgan fingerprint density at radius 2 is 1.89 bits per heavy atom.